The first kappa shape index (κ1) is 16.9. The van der Waals surface area contributed by atoms with E-state index in [1.54, 1.807) is 19.9 Å². The summed E-state index contributed by atoms with van der Waals surface area (Å²) >= 11 is 2.06. The van der Waals surface area contributed by atoms with Gasteiger partial charge in [0.1, 0.15) is 5.60 Å². The third-order valence-corrected chi connectivity index (χ3v) is 4.06. The van der Waals surface area contributed by atoms with Crippen LogP contribution in [0.4, 0.5) is 0 Å². The number of benzene rings is 1. The van der Waals surface area contributed by atoms with Gasteiger partial charge in [-0.15, -0.1) is 0 Å². The summed E-state index contributed by atoms with van der Waals surface area (Å²) in [6, 6.07) is 1.68. The number of esters is 2. The maximum Gasteiger partial charge on any atom is 0.339 e. The summed E-state index contributed by atoms with van der Waals surface area (Å²) in [6.07, 6.45) is 0. The molecule has 110 valence electrons. The van der Waals surface area contributed by atoms with Crippen LogP contribution in [0.15, 0.2) is 6.07 Å². The number of carbonyl (C=O) groups is 2. The predicted octanol–water partition coefficient (Wildman–Crippen LogP) is 3.65. The molecule has 0 unspecified atom stereocenters. The van der Waals surface area contributed by atoms with Crippen LogP contribution in [0.5, 0.6) is 0 Å². The van der Waals surface area contributed by atoms with Crippen molar-refractivity contribution < 1.29 is 19.1 Å². The molecule has 0 radical (unpaired) electrons. The van der Waals surface area contributed by atoms with Gasteiger partial charge in [-0.25, -0.2) is 9.59 Å². The van der Waals surface area contributed by atoms with E-state index in [4.69, 9.17) is 9.47 Å². The molecule has 4 nitrogen and oxygen atoms in total. The molecule has 0 saturated carbocycles. The summed E-state index contributed by atoms with van der Waals surface area (Å²) in [4.78, 5) is 24.0. The Kier molecular flexibility index (Phi) is 5.18. The average Bonchev–Trinajstić information content (AvgIpc) is 2.31. The molecule has 0 aliphatic rings. The van der Waals surface area contributed by atoms with Crippen LogP contribution in [0, 0.1) is 17.4 Å². The molecule has 0 bridgehead atoms. The Morgan fingerprint density at radius 2 is 1.70 bits per heavy atom. The number of hydrogen-bond acceptors (Lipinski definition) is 4. The Morgan fingerprint density at radius 3 is 2.15 bits per heavy atom. The van der Waals surface area contributed by atoms with Crippen molar-refractivity contribution in [2.75, 3.05) is 7.11 Å². The molecule has 0 aromatic heterocycles. The normalized spacial score (nSPS) is 11.2. The number of methoxy groups -OCH3 is 1. The molecule has 0 aliphatic carbocycles. The molecule has 0 N–H and O–H groups in total. The minimum Gasteiger partial charge on any atom is -0.465 e. The van der Waals surface area contributed by atoms with Crippen molar-refractivity contribution >= 4 is 34.5 Å². The molecule has 0 saturated heterocycles. The van der Waals surface area contributed by atoms with Crippen LogP contribution in [0.2, 0.25) is 0 Å². The second kappa shape index (κ2) is 6.11. The highest BCUT2D eigenvalue weighted by Crippen LogP contribution is 2.26. The first-order chi connectivity index (χ1) is 9.08. The van der Waals surface area contributed by atoms with Gasteiger partial charge in [-0.05, 0) is 74.4 Å². The lowest BCUT2D eigenvalue weighted by atomic mass is 9.99. The second-order valence-corrected chi connectivity index (χ2v) is 6.63. The molecule has 1 rings (SSSR count). The van der Waals surface area contributed by atoms with E-state index in [1.165, 1.54) is 7.11 Å². The van der Waals surface area contributed by atoms with Crippen LogP contribution in [0.1, 0.15) is 52.6 Å². The smallest absolute Gasteiger partial charge is 0.339 e. The zero-order valence-corrected chi connectivity index (χ0v) is 14.7. The van der Waals surface area contributed by atoms with Gasteiger partial charge in [0.2, 0.25) is 0 Å². The zero-order chi connectivity index (χ0) is 15.7. The van der Waals surface area contributed by atoms with E-state index >= 15 is 0 Å². The Labute approximate surface area is 133 Å². The van der Waals surface area contributed by atoms with Gasteiger partial charge in [0, 0.05) is 3.57 Å². The number of aryl methyl sites for hydroxylation is 1. The van der Waals surface area contributed by atoms with Crippen molar-refractivity contribution in [3.05, 3.63) is 31.9 Å². The lowest BCUT2D eigenvalue weighted by Crippen LogP contribution is -2.25. The van der Waals surface area contributed by atoms with Crippen LogP contribution >= 0.6 is 22.6 Å². The first-order valence-corrected chi connectivity index (χ1v) is 7.27. The Balaban J connectivity index is 3.33. The van der Waals surface area contributed by atoms with Gasteiger partial charge in [0.15, 0.2) is 0 Å². The van der Waals surface area contributed by atoms with Crippen molar-refractivity contribution in [2.45, 2.75) is 40.2 Å². The van der Waals surface area contributed by atoms with Crippen molar-refractivity contribution in [1.29, 1.82) is 0 Å². The molecule has 0 aliphatic heterocycles. The van der Waals surface area contributed by atoms with Crippen LogP contribution in [-0.4, -0.2) is 24.6 Å². The topological polar surface area (TPSA) is 52.6 Å². The number of halogens is 1. The zero-order valence-electron chi connectivity index (χ0n) is 12.6. The fourth-order valence-electron chi connectivity index (χ4n) is 1.77. The molecule has 0 atom stereocenters. The molecular weight excluding hydrogens is 371 g/mol. The van der Waals surface area contributed by atoms with E-state index in [0.717, 1.165) is 9.13 Å². The number of carbonyl (C=O) groups excluding carboxylic acids is 2. The van der Waals surface area contributed by atoms with Crippen molar-refractivity contribution in [2.24, 2.45) is 0 Å². The quantitative estimate of drug-likeness (QED) is 0.572. The van der Waals surface area contributed by atoms with Gasteiger partial charge in [0.05, 0.1) is 18.2 Å². The van der Waals surface area contributed by atoms with Crippen LogP contribution in [0.3, 0.4) is 0 Å². The maximum absolute atomic E-state index is 12.2. The molecule has 1 aromatic rings. The summed E-state index contributed by atoms with van der Waals surface area (Å²) in [6.45, 7) is 9.04. The van der Waals surface area contributed by atoms with Gasteiger partial charge in [0.25, 0.3) is 0 Å². The van der Waals surface area contributed by atoms with Crippen LogP contribution in [0.25, 0.3) is 0 Å². The molecule has 0 spiro atoms. The van der Waals surface area contributed by atoms with Crippen molar-refractivity contribution in [3.8, 4) is 0 Å². The molecule has 0 fully saturated rings. The Hall–Kier alpha value is -1.11. The minimum absolute atomic E-state index is 0.382. The summed E-state index contributed by atoms with van der Waals surface area (Å²) < 4.78 is 10.9. The molecule has 1 aromatic carbocycles. The molecule has 0 heterocycles. The molecule has 0 amide bonds. The van der Waals surface area contributed by atoms with E-state index in [0.29, 0.717) is 16.7 Å². The molecule has 5 heteroatoms. The third kappa shape index (κ3) is 3.71. The fraction of sp³-hybridized carbons (Fsp3) is 0.467. The van der Waals surface area contributed by atoms with E-state index in [1.807, 2.05) is 20.8 Å². The number of rotatable bonds is 2. The van der Waals surface area contributed by atoms with Gasteiger partial charge in [-0.3, -0.25) is 0 Å². The first-order valence-electron chi connectivity index (χ1n) is 6.20. The summed E-state index contributed by atoms with van der Waals surface area (Å²) in [5.41, 5.74) is 1.86. The monoisotopic (exact) mass is 390 g/mol. The van der Waals surface area contributed by atoms with E-state index in [9.17, 15) is 9.59 Å². The van der Waals surface area contributed by atoms with E-state index < -0.39 is 11.6 Å². The third-order valence-electron chi connectivity index (χ3n) is 2.72. The van der Waals surface area contributed by atoms with Crippen molar-refractivity contribution in [1.82, 2.24) is 0 Å². The van der Waals surface area contributed by atoms with E-state index in [-0.39, 0.29) is 5.97 Å². The summed E-state index contributed by atoms with van der Waals surface area (Å²) in [5.74, 6) is -0.779. The van der Waals surface area contributed by atoms with Crippen LogP contribution in [-0.2, 0) is 9.47 Å². The van der Waals surface area contributed by atoms with Crippen LogP contribution < -0.4 is 0 Å². The number of ether oxygens (including phenoxy) is 2. The van der Waals surface area contributed by atoms with Gasteiger partial charge < -0.3 is 9.47 Å². The highest BCUT2D eigenvalue weighted by atomic mass is 127. The average molecular weight is 390 g/mol. The number of hydrogen-bond donors (Lipinski definition) is 0. The van der Waals surface area contributed by atoms with Crippen molar-refractivity contribution in [3.63, 3.8) is 0 Å². The molecular formula is C15H19IO4. The standard InChI is InChI=1S/C15H19IO4/c1-8-7-10(13(17)20-15(3,4)5)9(2)12(16)11(8)14(18)19-6/h7H,1-6H3. The van der Waals surface area contributed by atoms with E-state index in [2.05, 4.69) is 22.6 Å². The lowest BCUT2D eigenvalue weighted by Gasteiger charge is -2.21. The lowest BCUT2D eigenvalue weighted by molar-refractivity contribution is 0.00680. The fourth-order valence-corrected chi connectivity index (χ4v) is 2.71. The SMILES string of the molecule is COC(=O)c1c(C)cc(C(=O)OC(C)(C)C)c(C)c1I. The maximum atomic E-state index is 12.2. The summed E-state index contributed by atoms with van der Waals surface area (Å²) in [5, 5.41) is 0. The minimum atomic E-state index is -0.552. The summed E-state index contributed by atoms with van der Waals surface area (Å²) in [7, 11) is 1.34. The van der Waals surface area contributed by atoms with Gasteiger partial charge in [-0.2, -0.15) is 0 Å². The highest BCUT2D eigenvalue weighted by molar-refractivity contribution is 14.1. The van der Waals surface area contributed by atoms with Gasteiger partial charge >= 0.3 is 11.9 Å². The Bertz CT molecular complexity index is 556. The second-order valence-electron chi connectivity index (χ2n) is 5.55. The predicted molar refractivity (Wildman–Crippen MR) is 85.1 cm³/mol. The molecule has 20 heavy (non-hydrogen) atoms. The highest BCUT2D eigenvalue weighted by Gasteiger charge is 2.24. The Morgan fingerprint density at radius 1 is 1.15 bits per heavy atom. The van der Waals surface area contributed by atoms with Gasteiger partial charge in [-0.1, -0.05) is 0 Å². The largest absolute Gasteiger partial charge is 0.465 e.